The third kappa shape index (κ3) is 6.10. The Morgan fingerprint density at radius 3 is 1.93 bits per heavy atom. The van der Waals surface area contributed by atoms with E-state index in [1.807, 2.05) is 20.8 Å². The molecule has 0 spiro atoms. The van der Waals surface area contributed by atoms with Crippen molar-refractivity contribution in [2.45, 2.75) is 27.2 Å². The largest absolute Gasteiger partial charge is 0.497 e. The minimum Gasteiger partial charge on any atom is -0.497 e. The zero-order chi connectivity index (χ0) is 21.6. The molecule has 2 rings (SSSR count). The van der Waals surface area contributed by atoms with E-state index in [1.54, 1.807) is 28.0 Å². The van der Waals surface area contributed by atoms with Crippen molar-refractivity contribution in [3.8, 4) is 11.5 Å². The summed E-state index contributed by atoms with van der Waals surface area (Å²) in [6.07, 6.45) is 0.253. The van der Waals surface area contributed by atoms with Crippen molar-refractivity contribution in [1.82, 2.24) is 15.1 Å². The molecule has 0 aliphatic carbocycles. The van der Waals surface area contributed by atoms with Gasteiger partial charge in [-0.15, -0.1) is 0 Å². The number of methoxy groups -OCH3 is 2. The second-order valence-corrected chi connectivity index (χ2v) is 8.03. The van der Waals surface area contributed by atoms with Gasteiger partial charge in [-0.1, -0.05) is 20.8 Å². The lowest BCUT2D eigenvalue weighted by Gasteiger charge is -2.35. The molecule has 29 heavy (non-hydrogen) atoms. The van der Waals surface area contributed by atoms with Crippen molar-refractivity contribution in [3.63, 3.8) is 0 Å². The molecule has 0 saturated carbocycles. The van der Waals surface area contributed by atoms with Crippen LogP contribution in [0.2, 0.25) is 0 Å². The summed E-state index contributed by atoms with van der Waals surface area (Å²) in [6, 6.07) is 5.08. The number of ether oxygens (including phenoxy) is 2. The van der Waals surface area contributed by atoms with Gasteiger partial charge in [-0.3, -0.25) is 14.4 Å². The second-order valence-electron chi connectivity index (χ2n) is 8.03. The lowest BCUT2D eigenvalue weighted by atomic mass is 9.96. The van der Waals surface area contributed by atoms with Crippen LogP contribution in [0.1, 0.15) is 37.6 Å². The highest BCUT2D eigenvalue weighted by Crippen LogP contribution is 2.24. The maximum absolute atomic E-state index is 12.8. The van der Waals surface area contributed by atoms with E-state index in [0.29, 0.717) is 49.8 Å². The molecule has 1 aliphatic heterocycles. The normalized spacial score (nSPS) is 14.4. The highest BCUT2D eigenvalue weighted by atomic mass is 16.5. The predicted molar refractivity (Wildman–Crippen MR) is 109 cm³/mol. The van der Waals surface area contributed by atoms with Crippen LogP contribution in [0.15, 0.2) is 18.2 Å². The van der Waals surface area contributed by atoms with E-state index in [9.17, 15) is 14.4 Å². The maximum atomic E-state index is 12.8. The highest BCUT2D eigenvalue weighted by molar-refractivity contribution is 5.95. The fraction of sp³-hybridized carbons (Fsp3) is 0.571. The third-order valence-electron chi connectivity index (χ3n) is 4.82. The van der Waals surface area contributed by atoms with E-state index >= 15 is 0 Å². The molecule has 8 nitrogen and oxygen atoms in total. The molecule has 1 N–H and O–H groups in total. The molecule has 3 amide bonds. The van der Waals surface area contributed by atoms with Gasteiger partial charge in [-0.05, 0) is 12.1 Å². The summed E-state index contributed by atoms with van der Waals surface area (Å²) in [7, 11) is 3.08. The minimum absolute atomic E-state index is 0.0191. The number of benzene rings is 1. The number of piperazine rings is 1. The molecule has 1 saturated heterocycles. The third-order valence-corrected chi connectivity index (χ3v) is 4.82. The van der Waals surface area contributed by atoms with Crippen LogP contribution in [0.5, 0.6) is 11.5 Å². The first-order valence-electron chi connectivity index (χ1n) is 9.74. The molecule has 1 aliphatic rings. The summed E-state index contributed by atoms with van der Waals surface area (Å²) < 4.78 is 10.5. The SMILES string of the molecule is COc1cc(OC)cc(C(=O)N2CCN(C(=O)CCNC(=O)C(C)(C)C)CC2)c1. The topological polar surface area (TPSA) is 88.2 Å². The van der Waals surface area contributed by atoms with Crippen LogP contribution in [0, 0.1) is 5.41 Å². The van der Waals surface area contributed by atoms with Gasteiger partial charge in [0.25, 0.3) is 5.91 Å². The second kappa shape index (κ2) is 9.62. The molecule has 8 heteroatoms. The molecule has 0 aromatic heterocycles. The predicted octanol–water partition coefficient (Wildman–Crippen LogP) is 1.54. The number of amides is 3. The van der Waals surface area contributed by atoms with E-state index in [4.69, 9.17) is 9.47 Å². The Kier molecular flexibility index (Phi) is 7.47. The van der Waals surface area contributed by atoms with Crippen LogP contribution in [0.25, 0.3) is 0 Å². The number of nitrogens with zero attached hydrogens (tertiary/aromatic N) is 2. The fourth-order valence-corrected chi connectivity index (χ4v) is 2.98. The van der Waals surface area contributed by atoms with Gasteiger partial charge in [0, 0.05) is 56.2 Å². The average molecular weight is 405 g/mol. The number of carbonyl (C=O) groups is 3. The number of hydrogen-bond acceptors (Lipinski definition) is 5. The quantitative estimate of drug-likeness (QED) is 0.776. The van der Waals surface area contributed by atoms with Crippen molar-refractivity contribution in [1.29, 1.82) is 0 Å². The first kappa shape index (κ1) is 22.5. The van der Waals surface area contributed by atoms with Crippen LogP contribution < -0.4 is 14.8 Å². The molecular weight excluding hydrogens is 374 g/mol. The lowest BCUT2D eigenvalue weighted by Crippen LogP contribution is -2.51. The zero-order valence-corrected chi connectivity index (χ0v) is 17.9. The van der Waals surface area contributed by atoms with Gasteiger partial charge in [0.1, 0.15) is 11.5 Å². The van der Waals surface area contributed by atoms with Gasteiger partial charge >= 0.3 is 0 Å². The number of nitrogens with one attached hydrogen (secondary N) is 1. The fourth-order valence-electron chi connectivity index (χ4n) is 2.98. The summed E-state index contributed by atoms with van der Waals surface area (Å²) in [5, 5.41) is 2.79. The smallest absolute Gasteiger partial charge is 0.254 e. The van der Waals surface area contributed by atoms with Crippen LogP contribution in [0.4, 0.5) is 0 Å². The van der Waals surface area contributed by atoms with Gasteiger partial charge in [-0.25, -0.2) is 0 Å². The van der Waals surface area contributed by atoms with E-state index in [1.165, 1.54) is 14.2 Å². The van der Waals surface area contributed by atoms with E-state index in [-0.39, 0.29) is 24.1 Å². The Hall–Kier alpha value is -2.77. The van der Waals surface area contributed by atoms with E-state index in [0.717, 1.165) is 0 Å². The van der Waals surface area contributed by atoms with Crippen molar-refractivity contribution < 1.29 is 23.9 Å². The summed E-state index contributed by atoms with van der Waals surface area (Å²) in [4.78, 5) is 40.5. The van der Waals surface area contributed by atoms with E-state index < -0.39 is 5.41 Å². The number of carbonyl (C=O) groups excluding carboxylic acids is 3. The molecule has 1 aromatic rings. The van der Waals surface area contributed by atoms with Crippen molar-refractivity contribution in [2.75, 3.05) is 46.9 Å². The van der Waals surface area contributed by atoms with Gasteiger partial charge in [0.15, 0.2) is 0 Å². The van der Waals surface area contributed by atoms with Crippen molar-refractivity contribution in [2.24, 2.45) is 5.41 Å². The number of hydrogen-bond donors (Lipinski definition) is 1. The van der Waals surface area contributed by atoms with Gasteiger partial charge in [0.05, 0.1) is 14.2 Å². The van der Waals surface area contributed by atoms with Gasteiger partial charge < -0.3 is 24.6 Å². The van der Waals surface area contributed by atoms with Crippen molar-refractivity contribution in [3.05, 3.63) is 23.8 Å². The van der Waals surface area contributed by atoms with E-state index in [2.05, 4.69) is 5.32 Å². The minimum atomic E-state index is -0.474. The average Bonchev–Trinajstić information content (AvgIpc) is 2.71. The first-order valence-corrected chi connectivity index (χ1v) is 9.74. The molecule has 0 radical (unpaired) electrons. The Morgan fingerprint density at radius 1 is 0.931 bits per heavy atom. The Bertz CT molecular complexity index is 727. The molecule has 1 aromatic carbocycles. The van der Waals surface area contributed by atoms with Gasteiger partial charge in [0.2, 0.25) is 11.8 Å². The van der Waals surface area contributed by atoms with Crippen LogP contribution in [0.3, 0.4) is 0 Å². The Balaban J connectivity index is 1.86. The summed E-state index contributed by atoms with van der Waals surface area (Å²) in [6.45, 7) is 7.67. The maximum Gasteiger partial charge on any atom is 0.254 e. The van der Waals surface area contributed by atoms with Crippen LogP contribution in [-0.2, 0) is 9.59 Å². The standard InChI is InChI=1S/C21H31N3O5/c1-21(2,3)20(27)22-7-6-18(25)23-8-10-24(11-9-23)19(26)15-12-16(28-4)14-17(13-15)29-5/h12-14H,6-11H2,1-5H3,(H,22,27). The first-order chi connectivity index (χ1) is 13.7. The molecule has 0 atom stereocenters. The van der Waals surface area contributed by atoms with Gasteiger partial charge in [-0.2, -0.15) is 0 Å². The molecule has 1 heterocycles. The summed E-state index contributed by atoms with van der Waals surface area (Å²) >= 11 is 0. The number of rotatable bonds is 6. The van der Waals surface area contributed by atoms with Crippen LogP contribution >= 0.6 is 0 Å². The zero-order valence-electron chi connectivity index (χ0n) is 17.9. The summed E-state index contributed by atoms with van der Waals surface area (Å²) in [5.74, 6) is 0.896. The van der Waals surface area contributed by atoms with Crippen LogP contribution in [-0.4, -0.2) is 74.5 Å². The van der Waals surface area contributed by atoms with Crippen molar-refractivity contribution >= 4 is 17.7 Å². The Labute approximate surface area is 172 Å². The molecule has 160 valence electrons. The lowest BCUT2D eigenvalue weighted by molar-refractivity contribution is -0.133. The molecular formula is C21H31N3O5. The molecule has 0 unspecified atom stereocenters. The Morgan fingerprint density at radius 2 is 1.45 bits per heavy atom. The highest BCUT2D eigenvalue weighted by Gasteiger charge is 2.26. The summed E-state index contributed by atoms with van der Waals surface area (Å²) in [5.41, 5.74) is 0.0172. The molecule has 0 bridgehead atoms. The monoisotopic (exact) mass is 405 g/mol. The molecule has 1 fully saturated rings.